The van der Waals surface area contributed by atoms with Crippen molar-refractivity contribution >= 4 is 23.5 Å². The molecular weight excluding hydrogens is 342 g/mol. The second-order valence-corrected chi connectivity index (χ2v) is 6.58. The van der Waals surface area contributed by atoms with E-state index in [1.807, 2.05) is 32.0 Å². The van der Waals surface area contributed by atoms with Gasteiger partial charge >= 0.3 is 5.97 Å². The number of anilines is 1. The van der Waals surface area contributed by atoms with E-state index in [4.69, 9.17) is 4.74 Å². The molecule has 1 heterocycles. The van der Waals surface area contributed by atoms with Gasteiger partial charge in [-0.15, -0.1) is 0 Å². The van der Waals surface area contributed by atoms with Crippen molar-refractivity contribution in [3.05, 3.63) is 76.1 Å². The van der Waals surface area contributed by atoms with Crippen LogP contribution in [0.4, 0.5) is 5.69 Å². The summed E-state index contributed by atoms with van der Waals surface area (Å²) in [5.41, 5.74) is 4.58. The lowest BCUT2D eigenvalue weighted by Gasteiger charge is -2.22. The highest BCUT2D eigenvalue weighted by Crippen LogP contribution is 2.36. The zero-order chi connectivity index (χ0) is 19.7. The maximum absolute atomic E-state index is 13.0. The Labute approximate surface area is 158 Å². The molecule has 1 aliphatic rings. The van der Waals surface area contributed by atoms with E-state index in [-0.39, 0.29) is 17.1 Å². The van der Waals surface area contributed by atoms with Gasteiger partial charge in [0.2, 0.25) is 5.78 Å². The number of carbonyl (C=O) groups excluding carboxylic acids is 2. The van der Waals surface area contributed by atoms with Gasteiger partial charge in [0.25, 0.3) is 0 Å². The van der Waals surface area contributed by atoms with Crippen molar-refractivity contribution in [2.45, 2.75) is 20.8 Å². The minimum absolute atomic E-state index is 0.0293. The summed E-state index contributed by atoms with van der Waals surface area (Å²) in [4.78, 5) is 27.0. The molecular formula is C22H21NO4. The highest BCUT2D eigenvalue weighted by molar-refractivity contribution is 6.30. The average molecular weight is 363 g/mol. The lowest BCUT2D eigenvalue weighted by atomic mass is 10.1. The Balaban J connectivity index is 2.19. The Hall–Kier alpha value is -3.34. The zero-order valence-corrected chi connectivity index (χ0v) is 15.7. The van der Waals surface area contributed by atoms with Crippen LogP contribution in [0.25, 0.3) is 6.08 Å². The van der Waals surface area contributed by atoms with E-state index in [0.717, 1.165) is 22.4 Å². The molecule has 2 aromatic carbocycles. The topological polar surface area (TPSA) is 66.8 Å². The van der Waals surface area contributed by atoms with Gasteiger partial charge in [0.15, 0.2) is 0 Å². The Morgan fingerprint density at radius 1 is 1.04 bits per heavy atom. The van der Waals surface area contributed by atoms with Crippen LogP contribution in [0.5, 0.6) is 5.75 Å². The molecule has 0 atom stereocenters. The van der Waals surface area contributed by atoms with Crippen molar-refractivity contribution in [1.29, 1.82) is 0 Å². The van der Waals surface area contributed by atoms with Gasteiger partial charge in [-0.05, 0) is 67.8 Å². The van der Waals surface area contributed by atoms with Gasteiger partial charge in [-0.1, -0.05) is 18.2 Å². The second-order valence-electron chi connectivity index (χ2n) is 6.58. The molecule has 0 spiro atoms. The number of ketones is 1. The monoisotopic (exact) mass is 363 g/mol. The van der Waals surface area contributed by atoms with Crippen molar-refractivity contribution in [2.75, 3.05) is 12.0 Å². The number of phenolic OH excluding ortho intramolecular Hbond substituents is 1. The Kier molecular flexibility index (Phi) is 4.86. The number of allylic oxidation sites excluding steroid dienone is 2. The van der Waals surface area contributed by atoms with Crippen molar-refractivity contribution in [3.63, 3.8) is 0 Å². The van der Waals surface area contributed by atoms with Gasteiger partial charge in [-0.25, -0.2) is 4.79 Å². The molecule has 5 nitrogen and oxygen atoms in total. The average Bonchev–Trinajstić information content (AvgIpc) is 2.85. The normalized spacial score (nSPS) is 15.6. The van der Waals surface area contributed by atoms with Crippen LogP contribution in [0, 0.1) is 13.8 Å². The molecule has 3 rings (SSSR count). The Bertz CT molecular complexity index is 964. The lowest BCUT2D eigenvalue weighted by Crippen LogP contribution is -2.18. The number of nitrogens with zero attached hydrogens (tertiary/aromatic N) is 1. The SMILES string of the molecule is COC(=O)C1=C(C)N(c2cc(C)cc(C)c2)/C(=C\c2ccc(O)cc2)C1=O. The van der Waals surface area contributed by atoms with Gasteiger partial charge in [-0.3, -0.25) is 4.79 Å². The van der Waals surface area contributed by atoms with Crippen LogP contribution >= 0.6 is 0 Å². The molecule has 2 aromatic rings. The van der Waals surface area contributed by atoms with E-state index in [1.54, 1.807) is 42.2 Å². The van der Waals surface area contributed by atoms with Gasteiger partial charge in [0.1, 0.15) is 11.3 Å². The van der Waals surface area contributed by atoms with Crippen LogP contribution < -0.4 is 4.90 Å². The van der Waals surface area contributed by atoms with Crippen molar-refractivity contribution in [1.82, 2.24) is 0 Å². The molecule has 138 valence electrons. The summed E-state index contributed by atoms with van der Waals surface area (Å²) in [7, 11) is 1.26. The van der Waals surface area contributed by atoms with Crippen molar-refractivity contribution in [3.8, 4) is 5.75 Å². The summed E-state index contributed by atoms with van der Waals surface area (Å²) in [5, 5.41) is 9.48. The first-order chi connectivity index (χ1) is 12.8. The second kappa shape index (κ2) is 7.11. The number of rotatable bonds is 3. The fraction of sp³-hybridized carbons (Fsp3) is 0.182. The Morgan fingerprint density at radius 2 is 1.63 bits per heavy atom. The van der Waals surface area contributed by atoms with Crippen LogP contribution in [0.2, 0.25) is 0 Å². The lowest BCUT2D eigenvalue weighted by molar-refractivity contribution is -0.137. The van der Waals surface area contributed by atoms with Crippen molar-refractivity contribution in [2.24, 2.45) is 0 Å². The first kappa shape index (κ1) is 18.5. The summed E-state index contributed by atoms with van der Waals surface area (Å²) in [6, 6.07) is 12.5. The molecule has 5 heteroatoms. The highest BCUT2D eigenvalue weighted by Gasteiger charge is 2.38. The number of benzene rings is 2. The molecule has 0 bridgehead atoms. The number of hydrogen-bond donors (Lipinski definition) is 1. The maximum atomic E-state index is 13.0. The number of Topliss-reactive ketones (excluding diaryl/α,β-unsaturated/α-hetero) is 1. The number of phenols is 1. The third-order valence-corrected chi connectivity index (χ3v) is 4.45. The van der Waals surface area contributed by atoms with Crippen LogP contribution in [0.15, 0.2) is 59.4 Å². The number of ether oxygens (including phenoxy) is 1. The number of aryl methyl sites for hydroxylation is 2. The molecule has 0 unspecified atom stereocenters. The fourth-order valence-corrected chi connectivity index (χ4v) is 3.30. The summed E-state index contributed by atoms with van der Waals surface area (Å²) in [6.45, 7) is 5.70. The van der Waals surface area contributed by atoms with Gasteiger partial charge < -0.3 is 14.7 Å². The quantitative estimate of drug-likeness (QED) is 0.509. The predicted octanol–water partition coefficient (Wildman–Crippen LogP) is 3.89. The van der Waals surface area contributed by atoms with Crippen LogP contribution in [0.3, 0.4) is 0 Å². The van der Waals surface area contributed by atoms with Gasteiger partial charge in [0.05, 0.1) is 12.8 Å². The molecule has 0 saturated heterocycles. The molecule has 0 aromatic heterocycles. The summed E-state index contributed by atoms with van der Waals surface area (Å²) < 4.78 is 4.82. The van der Waals surface area contributed by atoms with Crippen LogP contribution in [-0.2, 0) is 14.3 Å². The zero-order valence-electron chi connectivity index (χ0n) is 15.7. The highest BCUT2D eigenvalue weighted by atomic mass is 16.5. The van der Waals surface area contributed by atoms with Gasteiger partial charge in [0, 0.05) is 11.4 Å². The Morgan fingerprint density at radius 3 is 2.19 bits per heavy atom. The first-order valence-corrected chi connectivity index (χ1v) is 8.55. The third-order valence-electron chi connectivity index (χ3n) is 4.45. The van der Waals surface area contributed by atoms with Crippen LogP contribution in [0.1, 0.15) is 23.6 Å². The minimum atomic E-state index is -0.652. The van der Waals surface area contributed by atoms with Crippen molar-refractivity contribution < 1.29 is 19.4 Å². The number of aromatic hydroxyl groups is 1. The third kappa shape index (κ3) is 3.49. The summed E-state index contributed by atoms with van der Waals surface area (Å²) in [6.07, 6.45) is 1.71. The molecule has 0 aliphatic carbocycles. The predicted molar refractivity (Wildman–Crippen MR) is 104 cm³/mol. The van der Waals surface area contributed by atoms with E-state index in [9.17, 15) is 14.7 Å². The largest absolute Gasteiger partial charge is 0.508 e. The molecule has 0 fully saturated rings. The van der Waals surface area contributed by atoms with E-state index < -0.39 is 5.97 Å². The molecule has 1 N–H and O–H groups in total. The standard InChI is InChI=1S/C22H21NO4/c1-13-9-14(2)11-17(10-13)23-15(3)20(22(26)27-4)21(25)19(23)12-16-5-7-18(24)8-6-16/h5-12,24H,1-4H3/b19-12-. The van der Waals surface area contributed by atoms with E-state index in [2.05, 4.69) is 0 Å². The summed E-state index contributed by atoms with van der Waals surface area (Å²) >= 11 is 0. The molecule has 0 radical (unpaired) electrons. The van der Waals surface area contributed by atoms with E-state index in [1.165, 1.54) is 7.11 Å². The minimum Gasteiger partial charge on any atom is -0.508 e. The first-order valence-electron chi connectivity index (χ1n) is 8.55. The molecule has 0 saturated carbocycles. The van der Waals surface area contributed by atoms with E-state index >= 15 is 0 Å². The molecule has 0 amide bonds. The fourth-order valence-electron chi connectivity index (χ4n) is 3.30. The number of methoxy groups -OCH3 is 1. The molecule has 1 aliphatic heterocycles. The van der Waals surface area contributed by atoms with E-state index in [0.29, 0.717) is 11.4 Å². The molecule has 27 heavy (non-hydrogen) atoms. The number of hydrogen-bond acceptors (Lipinski definition) is 5. The maximum Gasteiger partial charge on any atom is 0.343 e. The summed E-state index contributed by atoms with van der Waals surface area (Å²) in [5.74, 6) is -0.891. The number of carbonyl (C=O) groups is 2. The van der Waals surface area contributed by atoms with Crippen LogP contribution in [-0.4, -0.2) is 24.0 Å². The smallest absolute Gasteiger partial charge is 0.343 e. The number of esters is 1. The van der Waals surface area contributed by atoms with Gasteiger partial charge in [-0.2, -0.15) is 0 Å².